The summed E-state index contributed by atoms with van der Waals surface area (Å²) in [5.74, 6) is 1.66. The van der Waals surface area contributed by atoms with E-state index in [4.69, 9.17) is 9.47 Å². The summed E-state index contributed by atoms with van der Waals surface area (Å²) in [6.45, 7) is 3.52. The number of nitrogens with one attached hydrogen (secondary N) is 1. The number of fused-ring (bicyclic) bond motifs is 1. The number of morpholine rings is 1. The number of amides is 2. The Hall–Kier alpha value is -1.75. The maximum atomic E-state index is 12.5. The van der Waals surface area contributed by atoms with Gasteiger partial charge in [0.15, 0.2) is 0 Å². The summed E-state index contributed by atoms with van der Waals surface area (Å²) in [7, 11) is 0. The van der Waals surface area contributed by atoms with E-state index in [1.807, 2.05) is 11.0 Å². The molecule has 0 bridgehead atoms. The van der Waals surface area contributed by atoms with E-state index >= 15 is 0 Å². The molecule has 1 saturated heterocycles. The van der Waals surface area contributed by atoms with Crippen LogP contribution in [0, 0.1) is 5.92 Å². The van der Waals surface area contributed by atoms with Crippen LogP contribution in [0.1, 0.15) is 24.0 Å². The molecule has 0 aromatic heterocycles. The normalized spacial score (nSPS) is 23.3. The molecular formula is C18H24N2O3. The van der Waals surface area contributed by atoms with Crippen LogP contribution in [-0.4, -0.2) is 49.9 Å². The minimum absolute atomic E-state index is 0.0645. The lowest BCUT2D eigenvalue weighted by atomic mass is 10.1. The van der Waals surface area contributed by atoms with Gasteiger partial charge in [-0.25, -0.2) is 4.79 Å². The van der Waals surface area contributed by atoms with Crippen molar-refractivity contribution in [2.75, 3.05) is 32.9 Å². The van der Waals surface area contributed by atoms with Crippen LogP contribution < -0.4 is 10.1 Å². The van der Waals surface area contributed by atoms with Gasteiger partial charge in [-0.1, -0.05) is 12.1 Å². The number of ether oxygens (including phenoxy) is 2. The van der Waals surface area contributed by atoms with Crippen molar-refractivity contribution >= 4 is 6.03 Å². The predicted octanol–water partition coefficient (Wildman–Crippen LogP) is 1.98. The molecule has 0 spiro atoms. The van der Waals surface area contributed by atoms with Crippen molar-refractivity contribution < 1.29 is 14.3 Å². The Balaban J connectivity index is 1.29. The van der Waals surface area contributed by atoms with Crippen LogP contribution in [0.5, 0.6) is 5.75 Å². The number of benzene rings is 1. The molecule has 3 aliphatic rings. The molecule has 124 valence electrons. The minimum Gasteiger partial charge on any atom is -0.493 e. The fraction of sp³-hybridized carbons (Fsp3) is 0.611. The number of carbonyl (C=O) groups excluding carboxylic acids is 1. The summed E-state index contributed by atoms with van der Waals surface area (Å²) in [5, 5.41) is 3.08. The summed E-state index contributed by atoms with van der Waals surface area (Å²) in [4.78, 5) is 14.4. The summed E-state index contributed by atoms with van der Waals surface area (Å²) in [6.07, 6.45) is 4.31. The van der Waals surface area contributed by atoms with Crippen molar-refractivity contribution in [3.05, 3.63) is 29.3 Å². The number of urea groups is 1. The monoisotopic (exact) mass is 316 g/mol. The standard InChI is InChI=1S/C18H24N2O3/c21-18(20-8-10-22-12-16(20)14-2-3-14)19-7-5-13-1-4-17-15(11-13)6-9-23-17/h1,4,11,14,16H,2-3,5-10,12H2,(H,19,21). The second-order valence-corrected chi connectivity index (χ2v) is 6.70. The Morgan fingerprint density at radius 2 is 2.22 bits per heavy atom. The second kappa shape index (κ2) is 6.40. The summed E-state index contributed by atoms with van der Waals surface area (Å²) >= 11 is 0. The van der Waals surface area contributed by atoms with E-state index in [0.29, 0.717) is 32.2 Å². The number of rotatable bonds is 4. The van der Waals surface area contributed by atoms with Gasteiger partial charge >= 0.3 is 6.03 Å². The Kier molecular flexibility index (Phi) is 4.12. The molecule has 4 rings (SSSR count). The van der Waals surface area contributed by atoms with Crippen molar-refractivity contribution in [1.29, 1.82) is 0 Å². The van der Waals surface area contributed by atoms with Crippen LogP contribution in [0.25, 0.3) is 0 Å². The highest BCUT2D eigenvalue weighted by Crippen LogP contribution is 2.36. The van der Waals surface area contributed by atoms with E-state index in [1.165, 1.54) is 24.0 Å². The maximum absolute atomic E-state index is 12.5. The third-order valence-electron chi connectivity index (χ3n) is 5.04. The van der Waals surface area contributed by atoms with Crippen LogP contribution in [0.3, 0.4) is 0 Å². The first kappa shape index (κ1) is 14.8. The Bertz CT molecular complexity index is 586. The smallest absolute Gasteiger partial charge is 0.317 e. The molecule has 2 heterocycles. The first-order valence-electron chi connectivity index (χ1n) is 8.68. The van der Waals surface area contributed by atoms with E-state index in [0.717, 1.165) is 25.2 Å². The molecule has 1 atom stereocenters. The molecular weight excluding hydrogens is 292 g/mol. The highest BCUT2D eigenvalue weighted by molar-refractivity contribution is 5.74. The van der Waals surface area contributed by atoms with Crippen LogP contribution in [0.4, 0.5) is 4.79 Å². The molecule has 23 heavy (non-hydrogen) atoms. The van der Waals surface area contributed by atoms with Gasteiger partial charge in [-0.3, -0.25) is 0 Å². The van der Waals surface area contributed by atoms with Crippen LogP contribution in [0.2, 0.25) is 0 Å². The Labute approximate surface area is 136 Å². The van der Waals surface area contributed by atoms with Gasteiger partial charge in [0, 0.05) is 19.5 Å². The third kappa shape index (κ3) is 3.29. The second-order valence-electron chi connectivity index (χ2n) is 6.70. The molecule has 1 unspecified atom stereocenters. The van der Waals surface area contributed by atoms with Crippen LogP contribution in [0.15, 0.2) is 18.2 Å². The highest BCUT2D eigenvalue weighted by atomic mass is 16.5. The third-order valence-corrected chi connectivity index (χ3v) is 5.04. The highest BCUT2D eigenvalue weighted by Gasteiger charge is 2.39. The topological polar surface area (TPSA) is 50.8 Å². The number of nitrogens with zero attached hydrogens (tertiary/aromatic N) is 1. The lowest BCUT2D eigenvalue weighted by Crippen LogP contribution is -2.53. The SMILES string of the molecule is O=C(NCCc1ccc2c(c1)CCO2)N1CCOCC1C1CC1. The van der Waals surface area contributed by atoms with Crippen LogP contribution >= 0.6 is 0 Å². The summed E-state index contributed by atoms with van der Waals surface area (Å²) in [5.41, 5.74) is 2.55. The van der Waals surface area contributed by atoms with Gasteiger partial charge in [0.05, 0.1) is 25.9 Å². The molecule has 2 fully saturated rings. The predicted molar refractivity (Wildman–Crippen MR) is 86.8 cm³/mol. The zero-order chi connectivity index (χ0) is 15.6. The van der Waals surface area contributed by atoms with Gasteiger partial charge in [-0.2, -0.15) is 0 Å². The number of hydrogen-bond acceptors (Lipinski definition) is 3. The van der Waals surface area contributed by atoms with Crippen LogP contribution in [-0.2, 0) is 17.6 Å². The van der Waals surface area contributed by atoms with Gasteiger partial charge in [0.1, 0.15) is 5.75 Å². The first-order valence-corrected chi connectivity index (χ1v) is 8.68. The first-order chi connectivity index (χ1) is 11.3. The van der Waals surface area contributed by atoms with Crippen molar-refractivity contribution in [2.45, 2.75) is 31.7 Å². The maximum Gasteiger partial charge on any atom is 0.317 e. The average molecular weight is 316 g/mol. The molecule has 5 nitrogen and oxygen atoms in total. The van der Waals surface area contributed by atoms with E-state index in [2.05, 4.69) is 17.4 Å². The van der Waals surface area contributed by atoms with E-state index in [1.54, 1.807) is 0 Å². The Morgan fingerprint density at radius 3 is 3.09 bits per heavy atom. The number of carbonyl (C=O) groups is 1. The molecule has 1 aliphatic carbocycles. The fourth-order valence-corrected chi connectivity index (χ4v) is 3.56. The minimum atomic E-state index is 0.0645. The average Bonchev–Trinajstić information content (AvgIpc) is 3.32. The van der Waals surface area contributed by atoms with Gasteiger partial charge < -0.3 is 19.7 Å². The van der Waals surface area contributed by atoms with Gasteiger partial charge in [-0.05, 0) is 42.4 Å². The lowest BCUT2D eigenvalue weighted by Gasteiger charge is -2.35. The zero-order valence-electron chi connectivity index (χ0n) is 13.4. The molecule has 1 aromatic carbocycles. The lowest BCUT2D eigenvalue weighted by molar-refractivity contribution is 0.00477. The molecule has 5 heteroatoms. The van der Waals surface area contributed by atoms with E-state index in [9.17, 15) is 4.79 Å². The van der Waals surface area contributed by atoms with Gasteiger partial charge in [0.2, 0.25) is 0 Å². The van der Waals surface area contributed by atoms with Crippen molar-refractivity contribution in [3.63, 3.8) is 0 Å². The molecule has 2 aliphatic heterocycles. The molecule has 1 aromatic rings. The Morgan fingerprint density at radius 1 is 1.30 bits per heavy atom. The molecule has 0 radical (unpaired) electrons. The quantitative estimate of drug-likeness (QED) is 0.924. The van der Waals surface area contributed by atoms with Crippen molar-refractivity contribution in [3.8, 4) is 5.75 Å². The fourth-order valence-electron chi connectivity index (χ4n) is 3.56. The summed E-state index contributed by atoms with van der Waals surface area (Å²) < 4.78 is 11.1. The molecule has 1 saturated carbocycles. The molecule has 1 N–H and O–H groups in total. The van der Waals surface area contributed by atoms with Gasteiger partial charge in [-0.15, -0.1) is 0 Å². The summed E-state index contributed by atoms with van der Waals surface area (Å²) in [6, 6.07) is 6.69. The zero-order valence-corrected chi connectivity index (χ0v) is 13.4. The molecule has 2 amide bonds. The largest absolute Gasteiger partial charge is 0.493 e. The van der Waals surface area contributed by atoms with E-state index < -0.39 is 0 Å². The van der Waals surface area contributed by atoms with Crippen molar-refractivity contribution in [1.82, 2.24) is 10.2 Å². The van der Waals surface area contributed by atoms with Crippen molar-refractivity contribution in [2.24, 2.45) is 5.92 Å². The number of hydrogen-bond donors (Lipinski definition) is 1. The van der Waals surface area contributed by atoms with Gasteiger partial charge in [0.25, 0.3) is 0 Å². The van der Waals surface area contributed by atoms with E-state index in [-0.39, 0.29) is 12.1 Å².